The molecule has 2 aromatic carbocycles. The summed E-state index contributed by atoms with van der Waals surface area (Å²) < 4.78 is 0. The van der Waals surface area contributed by atoms with Crippen LogP contribution in [0.2, 0.25) is 0 Å². The van der Waals surface area contributed by atoms with Crippen molar-refractivity contribution in [3.05, 3.63) is 231 Å². The van der Waals surface area contributed by atoms with Gasteiger partial charge in [-0.25, -0.2) is 4.99 Å². The number of pyridine rings is 1. The maximum Gasteiger partial charge on any atom is 0.157 e. The zero-order valence-corrected chi connectivity index (χ0v) is 42.7. The standard InChI is InChI=1S/C66H68N4S/c1-4-59(48-29-16-8-17-30-48)69-65(68-44(2)45-23-10-5-11-24-45)57-39-50(63-52(46-25-12-6-13-26-46)33-22-34-53(63)47-27-14-7-15-28-47)43-67-64(57)49-36-37-54-55-41-60-56(42-62(55)71-61(54)40-49)58-35-20-21-38-66(58,3)70(60)51-31-18-9-19-32-51/h5-10,12-23,25,27,29-33,36-37,39,43,46-47,49,53,55,58-59,62H,4,11,24,26,28,34-35,38,40-42H2,1-3H3/b68-44+,69-65-. The van der Waals surface area contributed by atoms with E-state index in [2.05, 4.69) is 214 Å². The van der Waals surface area contributed by atoms with Crippen LogP contribution in [0.25, 0.3) is 5.57 Å². The smallest absolute Gasteiger partial charge is 0.157 e. The van der Waals surface area contributed by atoms with Gasteiger partial charge in [0.25, 0.3) is 0 Å². The zero-order valence-electron chi connectivity index (χ0n) is 41.8. The van der Waals surface area contributed by atoms with Crippen molar-refractivity contribution in [2.45, 2.75) is 114 Å². The fraction of sp³-hybridized carbons (Fsp3) is 0.348. The van der Waals surface area contributed by atoms with Gasteiger partial charge in [0.15, 0.2) is 5.84 Å². The highest BCUT2D eigenvalue weighted by Crippen LogP contribution is 2.61. The Morgan fingerprint density at radius 3 is 2.39 bits per heavy atom. The van der Waals surface area contributed by atoms with Crippen molar-refractivity contribution in [3.63, 3.8) is 0 Å². The minimum atomic E-state index is -0.0471. The van der Waals surface area contributed by atoms with Crippen LogP contribution in [0.1, 0.15) is 126 Å². The Labute approximate surface area is 427 Å². The third kappa shape index (κ3) is 8.70. The first-order valence-corrected chi connectivity index (χ1v) is 27.7. The van der Waals surface area contributed by atoms with Crippen molar-refractivity contribution in [3.8, 4) is 0 Å². The van der Waals surface area contributed by atoms with Crippen LogP contribution in [0.15, 0.2) is 219 Å². The summed E-state index contributed by atoms with van der Waals surface area (Å²) >= 11 is 2.19. The van der Waals surface area contributed by atoms with Crippen molar-refractivity contribution >= 4 is 34.6 Å². The summed E-state index contributed by atoms with van der Waals surface area (Å²) in [6.45, 7) is 6.99. The number of nitrogens with zero attached hydrogens (tertiary/aromatic N) is 4. The molecule has 2 aliphatic heterocycles. The van der Waals surface area contributed by atoms with Crippen LogP contribution in [0.4, 0.5) is 5.69 Å². The predicted octanol–water partition coefficient (Wildman–Crippen LogP) is 16.6. The monoisotopic (exact) mass is 949 g/mol. The molecule has 9 unspecified atom stereocenters. The fourth-order valence-electron chi connectivity index (χ4n) is 13.7. The number of thioether (sulfide) groups is 1. The summed E-state index contributed by atoms with van der Waals surface area (Å²) in [5, 5.41) is 0.565. The molecule has 4 nitrogen and oxygen atoms in total. The Morgan fingerprint density at radius 2 is 1.62 bits per heavy atom. The molecule has 0 fully saturated rings. The molecule has 0 saturated heterocycles. The summed E-state index contributed by atoms with van der Waals surface area (Å²) in [5.41, 5.74) is 16.1. The maximum absolute atomic E-state index is 5.77. The van der Waals surface area contributed by atoms with Crippen LogP contribution in [0.3, 0.4) is 0 Å². The minimum Gasteiger partial charge on any atom is -0.338 e. The lowest BCUT2D eigenvalue weighted by Crippen LogP contribution is -2.47. The number of para-hydroxylation sites is 1. The molecule has 3 aromatic rings. The van der Waals surface area contributed by atoms with E-state index >= 15 is 0 Å². The molecular formula is C66H68N4S. The van der Waals surface area contributed by atoms with E-state index in [1.165, 1.54) is 40.0 Å². The van der Waals surface area contributed by atoms with Gasteiger partial charge in [0.2, 0.25) is 0 Å². The van der Waals surface area contributed by atoms with E-state index in [9.17, 15) is 0 Å². The van der Waals surface area contributed by atoms with Gasteiger partial charge in [0.05, 0.1) is 17.3 Å². The van der Waals surface area contributed by atoms with Crippen molar-refractivity contribution < 1.29 is 0 Å². The Bertz CT molecular complexity index is 3020. The van der Waals surface area contributed by atoms with E-state index in [0.29, 0.717) is 34.8 Å². The fourth-order valence-corrected chi connectivity index (χ4v) is 15.4. The first kappa shape index (κ1) is 46.1. The number of aromatic nitrogens is 1. The topological polar surface area (TPSA) is 40.9 Å². The van der Waals surface area contributed by atoms with E-state index in [-0.39, 0.29) is 17.5 Å². The van der Waals surface area contributed by atoms with E-state index in [1.54, 1.807) is 21.7 Å². The van der Waals surface area contributed by atoms with Crippen molar-refractivity contribution in [2.24, 2.45) is 39.6 Å². The largest absolute Gasteiger partial charge is 0.338 e. The maximum atomic E-state index is 5.77. The first-order valence-electron chi connectivity index (χ1n) is 26.9. The van der Waals surface area contributed by atoms with Crippen LogP contribution in [-0.2, 0) is 0 Å². The van der Waals surface area contributed by atoms with Crippen molar-refractivity contribution in [2.75, 3.05) is 4.90 Å². The van der Waals surface area contributed by atoms with Gasteiger partial charge in [-0.2, -0.15) is 0 Å². The van der Waals surface area contributed by atoms with E-state index < -0.39 is 0 Å². The molecule has 0 spiro atoms. The molecule has 9 aliphatic rings. The van der Waals surface area contributed by atoms with E-state index in [0.717, 1.165) is 87.0 Å². The predicted molar refractivity (Wildman–Crippen MR) is 301 cm³/mol. The summed E-state index contributed by atoms with van der Waals surface area (Å²) in [6, 6.07) is 24.6. The highest BCUT2D eigenvalue weighted by atomic mass is 32.2. The Kier molecular flexibility index (Phi) is 12.9. The molecule has 0 amide bonds. The highest BCUT2D eigenvalue weighted by Gasteiger charge is 2.54. The number of hydrogen-bond donors (Lipinski definition) is 0. The quantitative estimate of drug-likeness (QED) is 0.116. The summed E-state index contributed by atoms with van der Waals surface area (Å²) in [7, 11) is 0. The summed E-state index contributed by atoms with van der Waals surface area (Å²) in [6.07, 6.45) is 53.6. The zero-order chi connectivity index (χ0) is 47.9. The van der Waals surface area contributed by atoms with Gasteiger partial charge in [0.1, 0.15) is 0 Å². The second-order valence-electron chi connectivity index (χ2n) is 21.5. The van der Waals surface area contributed by atoms with E-state index in [1.807, 2.05) is 0 Å². The number of anilines is 1. The number of aliphatic imine (C=N–C) groups is 2. The van der Waals surface area contributed by atoms with Crippen LogP contribution >= 0.6 is 11.8 Å². The average molecular weight is 949 g/mol. The molecule has 358 valence electrons. The molecule has 0 radical (unpaired) electrons. The van der Waals surface area contributed by atoms with Crippen LogP contribution in [-0.4, -0.2) is 27.3 Å². The molecule has 1 aromatic heterocycles. The lowest BCUT2D eigenvalue weighted by atomic mass is 9.70. The molecule has 0 N–H and O–H groups in total. The summed E-state index contributed by atoms with van der Waals surface area (Å²) in [5.74, 6) is 3.04. The third-order valence-electron chi connectivity index (χ3n) is 17.3. The van der Waals surface area contributed by atoms with E-state index in [4.69, 9.17) is 15.0 Å². The molecule has 7 aliphatic carbocycles. The highest BCUT2D eigenvalue weighted by molar-refractivity contribution is 8.04. The molecule has 0 bridgehead atoms. The molecule has 5 heteroatoms. The molecule has 9 atom stereocenters. The number of hydrogen-bond acceptors (Lipinski definition) is 4. The van der Waals surface area contributed by atoms with Crippen LogP contribution in [0, 0.1) is 29.6 Å². The summed E-state index contributed by atoms with van der Waals surface area (Å²) in [4.78, 5) is 21.5. The SMILES string of the molecule is CCC(/N=C(\N=C(/C)C1=CC=CCC1)c1cc(C2=C(C3C=CC=CC3)C=CCC2C2C=CC=CC2)cnc1C1C=CC2=C(C1)SC1CC3=C(CC21)N(c1ccccc1)C1(C)CC=CCC31)c1ccccc1. The molecule has 3 heterocycles. The number of benzene rings is 2. The Hall–Kier alpha value is -6.04. The third-order valence-corrected chi connectivity index (χ3v) is 18.8. The van der Waals surface area contributed by atoms with Gasteiger partial charge in [-0.3, -0.25) is 9.98 Å². The van der Waals surface area contributed by atoms with Crippen molar-refractivity contribution in [1.82, 2.24) is 4.98 Å². The van der Waals surface area contributed by atoms with Gasteiger partial charge in [-0.1, -0.05) is 159 Å². The molecular weight excluding hydrogens is 881 g/mol. The van der Waals surface area contributed by atoms with Crippen molar-refractivity contribution in [1.29, 1.82) is 0 Å². The normalized spacial score (nSPS) is 30.2. The van der Waals surface area contributed by atoms with Crippen LogP contribution < -0.4 is 4.90 Å². The lowest BCUT2D eigenvalue weighted by molar-refractivity contribution is 0.340. The Balaban J connectivity index is 0.967. The van der Waals surface area contributed by atoms with Gasteiger partial charge < -0.3 is 4.90 Å². The van der Waals surface area contributed by atoms with Gasteiger partial charge in [-0.05, 0) is 158 Å². The first-order chi connectivity index (χ1) is 34.9. The average Bonchev–Trinajstić information content (AvgIpc) is 3.92. The number of amidine groups is 1. The van der Waals surface area contributed by atoms with Gasteiger partial charge in [-0.15, -0.1) is 11.8 Å². The molecule has 12 rings (SSSR count). The lowest BCUT2D eigenvalue weighted by Gasteiger charge is -2.44. The van der Waals surface area contributed by atoms with Gasteiger partial charge in [0, 0.05) is 57.8 Å². The molecule has 71 heavy (non-hydrogen) atoms. The number of rotatable bonds is 10. The Morgan fingerprint density at radius 1 is 0.789 bits per heavy atom. The second kappa shape index (κ2) is 19.9. The number of fused-ring (bicyclic) bond motifs is 4. The number of allylic oxidation sites excluding steroid dienone is 22. The van der Waals surface area contributed by atoms with Crippen LogP contribution in [0.5, 0.6) is 0 Å². The minimum absolute atomic E-state index is 0.0471. The van der Waals surface area contributed by atoms with Gasteiger partial charge >= 0.3 is 0 Å². The molecule has 0 saturated carbocycles. The second-order valence-corrected chi connectivity index (χ2v) is 22.8.